The summed E-state index contributed by atoms with van der Waals surface area (Å²) in [6.45, 7) is 4.19. The summed E-state index contributed by atoms with van der Waals surface area (Å²) in [5.41, 5.74) is 0. The zero-order valence-corrected chi connectivity index (χ0v) is 13.5. The zero-order chi connectivity index (χ0) is 16.1. The van der Waals surface area contributed by atoms with Crippen molar-refractivity contribution < 1.29 is 14.3 Å². The van der Waals surface area contributed by atoms with Crippen molar-refractivity contribution in [2.75, 3.05) is 45.3 Å². The van der Waals surface area contributed by atoms with Gasteiger partial charge >= 0.3 is 0 Å². The Labute approximate surface area is 136 Å². The quantitative estimate of drug-likeness (QED) is 0.864. The van der Waals surface area contributed by atoms with Crippen LogP contribution in [0.3, 0.4) is 0 Å². The first kappa shape index (κ1) is 16.3. The lowest BCUT2D eigenvalue weighted by Crippen LogP contribution is -2.50. The zero-order valence-electron chi connectivity index (χ0n) is 13.5. The van der Waals surface area contributed by atoms with Crippen LogP contribution in [-0.2, 0) is 14.3 Å². The molecule has 3 rings (SSSR count). The molecule has 1 N–H and O–H groups in total. The molecule has 0 bridgehead atoms. The number of ether oxygens (including phenoxy) is 2. The summed E-state index contributed by atoms with van der Waals surface area (Å²) in [5.74, 6) is 0.746. The number of amides is 1. The van der Waals surface area contributed by atoms with Gasteiger partial charge in [0.25, 0.3) is 0 Å². The molecule has 1 aromatic heterocycles. The molecule has 0 unspecified atom stereocenters. The van der Waals surface area contributed by atoms with Gasteiger partial charge in [-0.1, -0.05) is 0 Å². The highest BCUT2D eigenvalue weighted by molar-refractivity contribution is 5.91. The third kappa shape index (κ3) is 4.25. The summed E-state index contributed by atoms with van der Waals surface area (Å²) in [6.07, 6.45) is 6.89. The second-order valence-corrected chi connectivity index (χ2v) is 6.23. The number of nitrogens with zero attached hydrogens (tertiary/aromatic N) is 3. The van der Waals surface area contributed by atoms with Crippen LogP contribution in [0, 0.1) is 11.8 Å². The SMILES string of the molecule is COCCN1CC[C@H]2OC[C@@H](C(=O)Nc3cnccn3)C[C@H]2C1. The van der Waals surface area contributed by atoms with Crippen LogP contribution in [0.4, 0.5) is 5.82 Å². The fourth-order valence-corrected chi connectivity index (χ4v) is 3.40. The van der Waals surface area contributed by atoms with Crippen LogP contribution in [0.2, 0.25) is 0 Å². The number of aromatic nitrogens is 2. The fraction of sp³-hybridized carbons (Fsp3) is 0.688. The van der Waals surface area contributed by atoms with E-state index < -0.39 is 0 Å². The predicted molar refractivity (Wildman–Crippen MR) is 84.9 cm³/mol. The summed E-state index contributed by atoms with van der Waals surface area (Å²) < 4.78 is 11.1. The van der Waals surface area contributed by atoms with Gasteiger partial charge in [-0.2, -0.15) is 0 Å². The van der Waals surface area contributed by atoms with Gasteiger partial charge in [0.1, 0.15) is 0 Å². The highest BCUT2D eigenvalue weighted by Crippen LogP contribution is 2.31. The number of piperidine rings is 1. The van der Waals surface area contributed by atoms with E-state index >= 15 is 0 Å². The molecule has 1 aromatic rings. The highest BCUT2D eigenvalue weighted by Gasteiger charge is 2.38. The number of nitrogens with one attached hydrogen (secondary N) is 1. The first-order chi connectivity index (χ1) is 11.3. The molecule has 0 saturated carbocycles. The van der Waals surface area contributed by atoms with E-state index in [1.165, 1.54) is 0 Å². The van der Waals surface area contributed by atoms with Crippen molar-refractivity contribution in [2.24, 2.45) is 11.8 Å². The van der Waals surface area contributed by atoms with E-state index in [1.807, 2.05) is 0 Å². The maximum atomic E-state index is 12.4. The average molecular weight is 320 g/mol. The van der Waals surface area contributed by atoms with Crippen molar-refractivity contribution in [3.8, 4) is 0 Å². The minimum Gasteiger partial charge on any atom is -0.383 e. The maximum Gasteiger partial charge on any atom is 0.231 e. The Morgan fingerprint density at radius 3 is 3.22 bits per heavy atom. The van der Waals surface area contributed by atoms with Gasteiger partial charge in [0, 0.05) is 39.1 Å². The van der Waals surface area contributed by atoms with Gasteiger partial charge in [-0.25, -0.2) is 4.98 Å². The van der Waals surface area contributed by atoms with E-state index in [0.29, 0.717) is 18.3 Å². The lowest BCUT2D eigenvalue weighted by Gasteiger charge is -2.43. The molecular weight excluding hydrogens is 296 g/mol. The lowest BCUT2D eigenvalue weighted by atomic mass is 9.83. The molecule has 23 heavy (non-hydrogen) atoms. The van der Waals surface area contributed by atoms with Gasteiger partial charge in [0.2, 0.25) is 5.91 Å². The first-order valence-corrected chi connectivity index (χ1v) is 8.16. The summed E-state index contributed by atoms with van der Waals surface area (Å²) in [5, 5.41) is 2.83. The number of fused-ring (bicyclic) bond motifs is 1. The molecular formula is C16H24N4O3. The number of carbonyl (C=O) groups excluding carboxylic acids is 1. The molecule has 126 valence electrons. The van der Waals surface area contributed by atoms with Crippen LogP contribution in [0.15, 0.2) is 18.6 Å². The van der Waals surface area contributed by atoms with Gasteiger partial charge in [0.05, 0.1) is 31.4 Å². The Morgan fingerprint density at radius 2 is 2.43 bits per heavy atom. The third-order valence-electron chi connectivity index (χ3n) is 4.64. The molecule has 0 spiro atoms. The van der Waals surface area contributed by atoms with E-state index in [9.17, 15) is 4.79 Å². The van der Waals surface area contributed by atoms with Crippen LogP contribution < -0.4 is 5.32 Å². The van der Waals surface area contributed by atoms with Gasteiger partial charge in [0.15, 0.2) is 5.82 Å². The van der Waals surface area contributed by atoms with E-state index in [-0.39, 0.29) is 17.9 Å². The Balaban J connectivity index is 1.54. The highest BCUT2D eigenvalue weighted by atomic mass is 16.5. The topological polar surface area (TPSA) is 76.6 Å². The standard InChI is InChI=1S/C16H24N4O3/c1-22-7-6-20-5-2-14-12(10-20)8-13(11-23-14)16(21)19-15-9-17-3-4-18-15/h3-4,9,12-14H,2,5-8,10-11H2,1H3,(H,18,19,21)/t12-,13-,14+/m0/s1. The molecule has 0 aromatic carbocycles. The molecule has 2 aliphatic rings. The van der Waals surface area contributed by atoms with Crippen molar-refractivity contribution >= 4 is 11.7 Å². The van der Waals surface area contributed by atoms with Gasteiger partial charge in [-0.15, -0.1) is 0 Å². The van der Waals surface area contributed by atoms with Crippen LogP contribution in [-0.4, -0.2) is 66.8 Å². The Hall–Kier alpha value is -1.57. The Bertz CT molecular complexity index is 513. The van der Waals surface area contributed by atoms with Crippen LogP contribution >= 0.6 is 0 Å². The fourth-order valence-electron chi connectivity index (χ4n) is 3.40. The minimum atomic E-state index is -0.124. The maximum absolute atomic E-state index is 12.4. The third-order valence-corrected chi connectivity index (χ3v) is 4.64. The van der Waals surface area contributed by atoms with E-state index in [2.05, 4.69) is 20.2 Å². The normalized spacial score (nSPS) is 28.1. The number of hydrogen-bond acceptors (Lipinski definition) is 6. The monoisotopic (exact) mass is 320 g/mol. The van der Waals surface area contributed by atoms with Crippen LogP contribution in [0.1, 0.15) is 12.8 Å². The Morgan fingerprint density at radius 1 is 1.52 bits per heavy atom. The summed E-state index contributed by atoms with van der Waals surface area (Å²) in [6, 6.07) is 0. The molecule has 2 saturated heterocycles. The van der Waals surface area contributed by atoms with E-state index in [1.54, 1.807) is 25.7 Å². The van der Waals surface area contributed by atoms with Gasteiger partial charge in [-0.05, 0) is 18.8 Å². The van der Waals surface area contributed by atoms with E-state index in [0.717, 1.165) is 39.1 Å². The molecule has 3 atom stereocenters. The molecule has 0 aliphatic carbocycles. The second kappa shape index (κ2) is 7.81. The number of anilines is 1. The lowest BCUT2D eigenvalue weighted by molar-refractivity contribution is -0.134. The number of hydrogen-bond donors (Lipinski definition) is 1. The number of rotatable bonds is 5. The second-order valence-electron chi connectivity index (χ2n) is 6.23. The van der Waals surface area contributed by atoms with Gasteiger partial charge in [-0.3, -0.25) is 9.78 Å². The molecule has 3 heterocycles. The van der Waals surface area contributed by atoms with Crippen LogP contribution in [0.25, 0.3) is 0 Å². The van der Waals surface area contributed by atoms with Crippen molar-refractivity contribution in [2.45, 2.75) is 18.9 Å². The van der Waals surface area contributed by atoms with Crippen LogP contribution in [0.5, 0.6) is 0 Å². The molecule has 2 fully saturated rings. The summed E-state index contributed by atoms with van der Waals surface area (Å²) in [4.78, 5) is 22.8. The predicted octanol–water partition coefficient (Wildman–Crippen LogP) is 0.788. The molecule has 7 nitrogen and oxygen atoms in total. The first-order valence-electron chi connectivity index (χ1n) is 8.16. The smallest absolute Gasteiger partial charge is 0.231 e. The van der Waals surface area contributed by atoms with E-state index in [4.69, 9.17) is 9.47 Å². The summed E-state index contributed by atoms with van der Waals surface area (Å²) >= 11 is 0. The average Bonchev–Trinajstić information content (AvgIpc) is 2.60. The van der Waals surface area contributed by atoms with Crippen molar-refractivity contribution in [1.82, 2.24) is 14.9 Å². The largest absolute Gasteiger partial charge is 0.383 e. The number of carbonyl (C=O) groups is 1. The van der Waals surface area contributed by atoms with Crippen molar-refractivity contribution in [3.63, 3.8) is 0 Å². The molecule has 1 amide bonds. The minimum absolute atomic E-state index is 0.0297. The van der Waals surface area contributed by atoms with Crippen molar-refractivity contribution in [1.29, 1.82) is 0 Å². The van der Waals surface area contributed by atoms with Gasteiger partial charge < -0.3 is 19.7 Å². The van der Waals surface area contributed by atoms with Crippen molar-refractivity contribution in [3.05, 3.63) is 18.6 Å². The molecule has 7 heteroatoms. The summed E-state index contributed by atoms with van der Waals surface area (Å²) in [7, 11) is 1.73. The number of likely N-dealkylation sites (tertiary alicyclic amines) is 1. The molecule has 2 aliphatic heterocycles. The Kier molecular flexibility index (Phi) is 5.53. The molecule has 0 radical (unpaired) electrons. The number of methoxy groups -OCH3 is 1.